The largest absolute Gasteiger partial charge is 0.378 e. The molecule has 1 heterocycles. The van der Waals surface area contributed by atoms with Crippen LogP contribution in [0.4, 0.5) is 5.69 Å². The van der Waals surface area contributed by atoms with Crippen LogP contribution in [0.15, 0.2) is 48.5 Å². The summed E-state index contributed by atoms with van der Waals surface area (Å²) in [7, 11) is 0. The fourth-order valence-electron chi connectivity index (χ4n) is 2.81. The second-order valence-electron chi connectivity index (χ2n) is 6.21. The van der Waals surface area contributed by atoms with Crippen molar-refractivity contribution >= 4 is 40.1 Å². The Labute approximate surface area is 172 Å². The second kappa shape index (κ2) is 9.70. The van der Waals surface area contributed by atoms with E-state index in [-0.39, 0.29) is 18.4 Å². The number of rotatable bonds is 6. The lowest BCUT2D eigenvalue weighted by atomic mass is 10.2. The first-order valence-corrected chi connectivity index (χ1v) is 9.92. The van der Waals surface area contributed by atoms with Gasteiger partial charge < -0.3 is 20.3 Å². The predicted octanol–water partition coefficient (Wildman–Crippen LogP) is 2.17. The first kappa shape index (κ1) is 19.6. The van der Waals surface area contributed by atoms with Gasteiger partial charge in [0.15, 0.2) is 0 Å². The Hall–Kier alpha value is -2.13. The summed E-state index contributed by atoms with van der Waals surface area (Å²) in [4.78, 5) is 26.4. The molecule has 0 saturated carbocycles. The average molecular weight is 479 g/mol. The number of hydrogen-bond donors (Lipinski definition) is 2. The fraction of sp³-hybridized carbons (Fsp3) is 0.300. The van der Waals surface area contributed by atoms with Crippen LogP contribution in [-0.2, 0) is 16.1 Å². The van der Waals surface area contributed by atoms with Gasteiger partial charge in [0.2, 0.25) is 5.91 Å². The van der Waals surface area contributed by atoms with Crippen molar-refractivity contribution in [2.75, 3.05) is 37.7 Å². The molecule has 0 aliphatic carbocycles. The summed E-state index contributed by atoms with van der Waals surface area (Å²) in [6, 6.07) is 15.4. The van der Waals surface area contributed by atoms with E-state index in [1.165, 1.54) is 0 Å². The van der Waals surface area contributed by atoms with Crippen LogP contribution in [0, 0.1) is 3.57 Å². The summed E-state index contributed by atoms with van der Waals surface area (Å²) in [5.74, 6) is -0.462. The quantitative estimate of drug-likeness (QED) is 0.624. The number of carbonyl (C=O) groups excluding carboxylic acids is 2. The zero-order chi connectivity index (χ0) is 19.1. The molecule has 0 aromatic heterocycles. The smallest absolute Gasteiger partial charge is 0.252 e. The molecule has 0 radical (unpaired) electrons. The summed E-state index contributed by atoms with van der Waals surface area (Å²) in [5.41, 5.74) is 2.76. The first-order chi connectivity index (χ1) is 13.1. The van der Waals surface area contributed by atoms with Crippen molar-refractivity contribution in [3.8, 4) is 0 Å². The highest BCUT2D eigenvalue weighted by molar-refractivity contribution is 14.1. The molecule has 6 nitrogen and oxygen atoms in total. The molecule has 3 rings (SSSR count). The minimum absolute atomic E-state index is 0.0460. The van der Waals surface area contributed by atoms with E-state index in [1.54, 1.807) is 12.1 Å². The van der Waals surface area contributed by atoms with Gasteiger partial charge in [-0.05, 0) is 52.4 Å². The number of benzene rings is 2. The topological polar surface area (TPSA) is 70.7 Å². The van der Waals surface area contributed by atoms with E-state index in [0.717, 1.165) is 41.1 Å². The predicted molar refractivity (Wildman–Crippen MR) is 113 cm³/mol. The van der Waals surface area contributed by atoms with Gasteiger partial charge in [-0.1, -0.05) is 24.3 Å². The van der Waals surface area contributed by atoms with E-state index >= 15 is 0 Å². The van der Waals surface area contributed by atoms with Gasteiger partial charge in [0.05, 0.1) is 25.3 Å². The Kier molecular flexibility index (Phi) is 7.05. The molecule has 142 valence electrons. The van der Waals surface area contributed by atoms with Crippen molar-refractivity contribution in [3.63, 3.8) is 0 Å². The van der Waals surface area contributed by atoms with Gasteiger partial charge in [-0.2, -0.15) is 0 Å². The van der Waals surface area contributed by atoms with Crippen LogP contribution in [-0.4, -0.2) is 44.7 Å². The molecule has 0 spiro atoms. The number of ether oxygens (including phenoxy) is 1. The summed E-state index contributed by atoms with van der Waals surface area (Å²) in [6.07, 6.45) is 0. The van der Waals surface area contributed by atoms with E-state index in [2.05, 4.69) is 50.3 Å². The minimum atomic E-state index is -0.245. The molecule has 27 heavy (non-hydrogen) atoms. The molecule has 1 aliphatic heterocycles. The molecule has 2 N–H and O–H groups in total. The summed E-state index contributed by atoms with van der Waals surface area (Å²) < 4.78 is 6.22. The fourth-order valence-corrected chi connectivity index (χ4v) is 3.44. The van der Waals surface area contributed by atoms with E-state index < -0.39 is 0 Å². The number of hydrogen-bond acceptors (Lipinski definition) is 4. The van der Waals surface area contributed by atoms with Gasteiger partial charge in [-0.3, -0.25) is 9.59 Å². The summed E-state index contributed by atoms with van der Waals surface area (Å²) in [5, 5.41) is 5.48. The van der Waals surface area contributed by atoms with Crippen LogP contribution in [0.2, 0.25) is 0 Å². The van der Waals surface area contributed by atoms with Crippen molar-refractivity contribution in [3.05, 3.63) is 63.2 Å². The molecule has 0 bridgehead atoms. The Morgan fingerprint density at radius 1 is 1.00 bits per heavy atom. The Morgan fingerprint density at radius 3 is 2.41 bits per heavy atom. The molecule has 2 aromatic rings. The van der Waals surface area contributed by atoms with Gasteiger partial charge in [0.1, 0.15) is 0 Å². The van der Waals surface area contributed by atoms with Crippen LogP contribution >= 0.6 is 22.6 Å². The maximum absolute atomic E-state index is 12.1. The molecule has 2 aromatic carbocycles. The Bertz CT molecular complexity index is 789. The molecule has 1 saturated heterocycles. The molecule has 1 fully saturated rings. The molecular weight excluding hydrogens is 457 g/mol. The minimum Gasteiger partial charge on any atom is -0.378 e. The maximum Gasteiger partial charge on any atom is 0.252 e. The van der Waals surface area contributed by atoms with Crippen molar-refractivity contribution in [1.29, 1.82) is 0 Å². The molecule has 0 atom stereocenters. The highest BCUT2D eigenvalue weighted by Crippen LogP contribution is 2.16. The van der Waals surface area contributed by atoms with Gasteiger partial charge in [-0.15, -0.1) is 0 Å². The highest BCUT2D eigenvalue weighted by Gasteiger charge is 2.12. The molecule has 0 unspecified atom stereocenters. The van der Waals surface area contributed by atoms with Gasteiger partial charge in [-0.25, -0.2) is 0 Å². The lowest BCUT2D eigenvalue weighted by molar-refractivity contribution is -0.120. The van der Waals surface area contributed by atoms with E-state index in [9.17, 15) is 9.59 Å². The normalized spacial score (nSPS) is 13.9. The van der Waals surface area contributed by atoms with Crippen LogP contribution in [0.1, 0.15) is 15.9 Å². The van der Waals surface area contributed by atoms with Gasteiger partial charge >= 0.3 is 0 Å². The zero-order valence-corrected chi connectivity index (χ0v) is 17.1. The van der Waals surface area contributed by atoms with Crippen molar-refractivity contribution in [2.45, 2.75) is 6.54 Å². The number of carbonyl (C=O) groups is 2. The van der Waals surface area contributed by atoms with Gasteiger partial charge in [0.25, 0.3) is 5.91 Å². The first-order valence-electron chi connectivity index (χ1n) is 8.84. The van der Waals surface area contributed by atoms with E-state index in [4.69, 9.17) is 4.74 Å². The number of nitrogens with zero attached hydrogens (tertiary/aromatic N) is 1. The zero-order valence-electron chi connectivity index (χ0n) is 14.9. The second-order valence-corrected chi connectivity index (χ2v) is 7.37. The van der Waals surface area contributed by atoms with Crippen LogP contribution in [0.5, 0.6) is 0 Å². The lowest BCUT2D eigenvalue weighted by Crippen LogP contribution is -2.37. The maximum atomic E-state index is 12.1. The van der Waals surface area contributed by atoms with Crippen LogP contribution in [0.25, 0.3) is 0 Å². The highest BCUT2D eigenvalue weighted by atomic mass is 127. The number of nitrogens with one attached hydrogen (secondary N) is 2. The molecular formula is C20H22IN3O3. The molecule has 2 amide bonds. The summed E-state index contributed by atoms with van der Waals surface area (Å²) in [6.45, 7) is 3.69. The number of amides is 2. The Balaban J connectivity index is 1.43. The van der Waals surface area contributed by atoms with E-state index in [1.807, 2.05) is 24.3 Å². The van der Waals surface area contributed by atoms with E-state index in [0.29, 0.717) is 12.1 Å². The van der Waals surface area contributed by atoms with Crippen molar-refractivity contribution in [2.24, 2.45) is 0 Å². The average Bonchev–Trinajstić information content (AvgIpc) is 2.72. The van der Waals surface area contributed by atoms with Gasteiger partial charge in [0, 0.05) is 28.9 Å². The SMILES string of the molecule is O=C(CNC(=O)c1ccccc1I)NCc1ccc(N2CCOCC2)cc1. The molecule has 7 heteroatoms. The lowest BCUT2D eigenvalue weighted by Gasteiger charge is -2.28. The number of anilines is 1. The molecule has 1 aliphatic rings. The Morgan fingerprint density at radius 2 is 1.70 bits per heavy atom. The third-order valence-electron chi connectivity index (χ3n) is 4.33. The number of morpholine rings is 1. The third kappa shape index (κ3) is 5.67. The van der Waals surface area contributed by atoms with Crippen LogP contribution < -0.4 is 15.5 Å². The van der Waals surface area contributed by atoms with Crippen molar-refractivity contribution < 1.29 is 14.3 Å². The monoisotopic (exact) mass is 479 g/mol. The van der Waals surface area contributed by atoms with Crippen molar-refractivity contribution in [1.82, 2.24) is 10.6 Å². The standard InChI is InChI=1S/C20H22IN3O3/c21-18-4-2-1-3-17(18)20(26)23-14-19(25)22-13-15-5-7-16(8-6-15)24-9-11-27-12-10-24/h1-8H,9-14H2,(H,22,25)(H,23,26). The van der Waals surface area contributed by atoms with Crippen LogP contribution in [0.3, 0.4) is 0 Å². The summed E-state index contributed by atoms with van der Waals surface area (Å²) >= 11 is 2.10. The number of halogens is 1. The third-order valence-corrected chi connectivity index (χ3v) is 5.27.